The third-order valence-electron chi connectivity index (χ3n) is 10.9. The van der Waals surface area contributed by atoms with Gasteiger partial charge >= 0.3 is 0 Å². The van der Waals surface area contributed by atoms with Gasteiger partial charge in [0.05, 0.1) is 16.7 Å². The Balaban J connectivity index is 1.13. The number of aromatic nitrogens is 1. The fourth-order valence-electron chi connectivity index (χ4n) is 8.33. The van der Waals surface area contributed by atoms with Crippen LogP contribution in [0.3, 0.4) is 0 Å². The first-order valence-corrected chi connectivity index (χ1v) is 18.8. The Morgan fingerprint density at radius 3 is 1.76 bits per heavy atom. The molecule has 0 radical (unpaired) electrons. The summed E-state index contributed by atoms with van der Waals surface area (Å²) in [4.78, 5) is 2.35. The van der Waals surface area contributed by atoms with Crippen LogP contribution in [0.5, 0.6) is 0 Å². The molecule has 0 aliphatic heterocycles. The molecule has 0 bridgehead atoms. The van der Waals surface area contributed by atoms with E-state index in [4.69, 9.17) is 4.42 Å². The number of anilines is 3. The quantitative estimate of drug-likeness (QED) is 0.172. The third kappa shape index (κ3) is 5.20. The number of fused-ring (bicyclic) bond motifs is 7. The van der Waals surface area contributed by atoms with Gasteiger partial charge in [-0.15, -0.1) is 0 Å². The summed E-state index contributed by atoms with van der Waals surface area (Å²) < 4.78 is 9.09. The largest absolute Gasteiger partial charge is 0.454 e. The lowest BCUT2D eigenvalue weighted by atomic mass is 9.99. The molecule has 2 aromatic heterocycles. The number of hydrogen-bond donors (Lipinski definition) is 0. The summed E-state index contributed by atoms with van der Waals surface area (Å²) in [6.45, 7) is 0. The second kappa shape index (κ2) is 12.6. The van der Waals surface area contributed by atoms with E-state index in [0.29, 0.717) is 0 Å². The Kier molecular flexibility index (Phi) is 7.17. The lowest BCUT2D eigenvalue weighted by Gasteiger charge is -2.26. The first kappa shape index (κ1) is 31.2. The number of hydrogen-bond acceptors (Lipinski definition) is 2. The van der Waals surface area contributed by atoms with Crippen molar-refractivity contribution in [3.63, 3.8) is 0 Å². The molecule has 0 spiro atoms. The van der Waals surface area contributed by atoms with Gasteiger partial charge in [0.2, 0.25) is 0 Å². The normalized spacial score (nSPS) is 11.6. The molecule has 258 valence electrons. The number of rotatable bonds is 6. The van der Waals surface area contributed by atoms with E-state index < -0.39 is 0 Å². The van der Waals surface area contributed by atoms with Crippen LogP contribution in [0.1, 0.15) is 0 Å². The van der Waals surface area contributed by atoms with Gasteiger partial charge in [-0.3, -0.25) is 0 Å². The van der Waals surface area contributed by atoms with Gasteiger partial charge in [0.15, 0.2) is 5.58 Å². The van der Waals surface area contributed by atoms with Gasteiger partial charge in [-0.05, 0) is 99.8 Å². The van der Waals surface area contributed by atoms with E-state index >= 15 is 0 Å². The number of furan rings is 1. The summed E-state index contributed by atoms with van der Waals surface area (Å²) in [5, 5.41) is 7.11. The molecule has 3 heteroatoms. The Labute approximate surface area is 318 Å². The van der Waals surface area contributed by atoms with Crippen molar-refractivity contribution < 1.29 is 4.42 Å². The summed E-state index contributed by atoms with van der Waals surface area (Å²) in [7, 11) is 0. The van der Waals surface area contributed by atoms with Crippen LogP contribution < -0.4 is 4.90 Å². The fraction of sp³-hybridized carbons (Fsp3) is 0. The number of benzene rings is 9. The van der Waals surface area contributed by atoms with Crippen molar-refractivity contribution in [2.75, 3.05) is 4.90 Å². The van der Waals surface area contributed by atoms with Crippen LogP contribution in [0.25, 0.3) is 82.5 Å². The minimum atomic E-state index is 0.860. The highest BCUT2D eigenvalue weighted by molar-refractivity contribution is 6.15. The SMILES string of the molecule is c1ccc(-c2cccc(-c3ccc(N(c4ccc5c6cc7ccccc7cc6n(-c6ccccc6)c5c4)c4cccc5c4oc4ccccc45)cc3)c2)cc1. The molecule has 0 saturated carbocycles. The molecule has 2 heterocycles. The predicted molar refractivity (Wildman–Crippen MR) is 231 cm³/mol. The van der Waals surface area contributed by atoms with Gasteiger partial charge in [0, 0.05) is 38.6 Å². The lowest BCUT2D eigenvalue weighted by Crippen LogP contribution is -2.10. The molecule has 0 atom stereocenters. The molecule has 0 saturated heterocycles. The molecule has 55 heavy (non-hydrogen) atoms. The van der Waals surface area contributed by atoms with Gasteiger partial charge in [-0.1, -0.05) is 140 Å². The summed E-state index contributed by atoms with van der Waals surface area (Å²) in [5.41, 5.74) is 13.0. The van der Waals surface area contributed by atoms with E-state index in [2.05, 4.69) is 210 Å². The van der Waals surface area contributed by atoms with Crippen molar-refractivity contribution in [2.24, 2.45) is 0 Å². The number of para-hydroxylation sites is 3. The van der Waals surface area contributed by atoms with Gasteiger partial charge < -0.3 is 13.9 Å². The smallest absolute Gasteiger partial charge is 0.159 e. The molecule has 0 aliphatic rings. The highest BCUT2D eigenvalue weighted by Crippen LogP contribution is 2.45. The molecular formula is C52H34N2O. The summed E-state index contributed by atoms with van der Waals surface area (Å²) >= 11 is 0. The minimum Gasteiger partial charge on any atom is -0.454 e. The molecule has 3 nitrogen and oxygen atoms in total. The van der Waals surface area contributed by atoms with Crippen molar-refractivity contribution in [1.29, 1.82) is 0 Å². The zero-order valence-corrected chi connectivity index (χ0v) is 29.9. The van der Waals surface area contributed by atoms with E-state index in [-0.39, 0.29) is 0 Å². The highest BCUT2D eigenvalue weighted by atomic mass is 16.3. The van der Waals surface area contributed by atoms with Crippen molar-refractivity contribution in [3.8, 4) is 27.9 Å². The van der Waals surface area contributed by atoms with Gasteiger partial charge in [0.25, 0.3) is 0 Å². The Morgan fingerprint density at radius 2 is 0.964 bits per heavy atom. The standard InChI is InChI=1S/C52H34N2O/c1-3-13-35(14-4-1)37-17-11-18-38(31-37)36-25-27-42(28-26-36)53(48-23-12-22-46-45-21-9-10-24-51(45)55-52(46)48)43-29-30-44-47-32-39-15-7-8-16-40(39)33-49(47)54(50(44)34-43)41-19-5-2-6-20-41/h1-34H. The molecular weight excluding hydrogens is 669 g/mol. The molecule has 0 fully saturated rings. The molecule has 0 N–H and O–H groups in total. The van der Waals surface area contributed by atoms with Crippen LogP contribution in [0.15, 0.2) is 211 Å². The van der Waals surface area contributed by atoms with Crippen LogP contribution in [0.2, 0.25) is 0 Å². The van der Waals surface area contributed by atoms with E-state index in [9.17, 15) is 0 Å². The van der Waals surface area contributed by atoms with Crippen molar-refractivity contribution >= 4 is 71.6 Å². The first-order chi connectivity index (χ1) is 27.3. The minimum absolute atomic E-state index is 0.860. The molecule has 11 aromatic rings. The maximum Gasteiger partial charge on any atom is 0.159 e. The maximum atomic E-state index is 6.68. The zero-order valence-electron chi connectivity index (χ0n) is 29.9. The second-order valence-corrected chi connectivity index (χ2v) is 14.2. The summed E-state index contributed by atoms with van der Waals surface area (Å²) in [6.07, 6.45) is 0. The summed E-state index contributed by atoms with van der Waals surface area (Å²) in [6, 6.07) is 73.9. The maximum absolute atomic E-state index is 6.68. The van der Waals surface area contributed by atoms with Crippen LogP contribution in [-0.2, 0) is 0 Å². The van der Waals surface area contributed by atoms with E-state index in [0.717, 1.165) is 55.8 Å². The average Bonchev–Trinajstić information content (AvgIpc) is 3.79. The topological polar surface area (TPSA) is 21.3 Å². The van der Waals surface area contributed by atoms with Crippen molar-refractivity contribution in [3.05, 3.63) is 206 Å². The van der Waals surface area contributed by atoms with Crippen molar-refractivity contribution in [1.82, 2.24) is 4.57 Å². The van der Waals surface area contributed by atoms with Gasteiger partial charge in [-0.2, -0.15) is 0 Å². The zero-order chi connectivity index (χ0) is 36.3. The molecule has 9 aromatic carbocycles. The van der Waals surface area contributed by atoms with Crippen LogP contribution in [-0.4, -0.2) is 4.57 Å². The Morgan fingerprint density at radius 1 is 0.364 bits per heavy atom. The summed E-state index contributed by atoms with van der Waals surface area (Å²) in [5.74, 6) is 0. The monoisotopic (exact) mass is 702 g/mol. The van der Waals surface area contributed by atoms with Gasteiger partial charge in [0.1, 0.15) is 5.58 Å². The van der Waals surface area contributed by atoms with Crippen molar-refractivity contribution in [2.45, 2.75) is 0 Å². The van der Waals surface area contributed by atoms with E-state index in [1.165, 1.54) is 43.8 Å². The van der Waals surface area contributed by atoms with Gasteiger partial charge in [-0.25, -0.2) is 0 Å². The Bertz CT molecular complexity index is 3190. The van der Waals surface area contributed by atoms with Crippen LogP contribution >= 0.6 is 0 Å². The third-order valence-corrected chi connectivity index (χ3v) is 10.9. The molecule has 0 aliphatic carbocycles. The predicted octanol–water partition coefficient (Wildman–Crippen LogP) is 14.6. The average molecular weight is 703 g/mol. The Hall–Kier alpha value is -7.36. The lowest BCUT2D eigenvalue weighted by molar-refractivity contribution is 0.669. The van der Waals surface area contributed by atoms with E-state index in [1.54, 1.807) is 0 Å². The number of nitrogens with zero attached hydrogens (tertiary/aromatic N) is 2. The molecule has 11 rings (SSSR count). The first-order valence-electron chi connectivity index (χ1n) is 18.8. The van der Waals surface area contributed by atoms with E-state index in [1.807, 2.05) is 6.07 Å². The van der Waals surface area contributed by atoms with Crippen LogP contribution in [0.4, 0.5) is 17.1 Å². The molecule has 0 amide bonds. The molecule has 0 unspecified atom stereocenters. The second-order valence-electron chi connectivity index (χ2n) is 14.2. The fourth-order valence-corrected chi connectivity index (χ4v) is 8.33. The van der Waals surface area contributed by atoms with Crippen LogP contribution in [0, 0.1) is 0 Å². The highest BCUT2D eigenvalue weighted by Gasteiger charge is 2.22.